The second-order valence-electron chi connectivity index (χ2n) is 5.51. The molecular weight excluding hydrogens is 274 g/mol. The van der Waals surface area contributed by atoms with Crippen LogP contribution in [0.5, 0.6) is 0 Å². The monoisotopic (exact) mass is 297 g/mol. The van der Waals surface area contributed by atoms with Gasteiger partial charge in [-0.2, -0.15) is 0 Å². The topological polar surface area (TPSA) is 87.7 Å². The van der Waals surface area contributed by atoms with Gasteiger partial charge in [0.2, 0.25) is 5.91 Å². The summed E-state index contributed by atoms with van der Waals surface area (Å²) >= 11 is 0. The quantitative estimate of drug-likeness (QED) is 0.526. The molecule has 0 unspecified atom stereocenters. The molecule has 0 radical (unpaired) electrons. The van der Waals surface area contributed by atoms with Crippen LogP contribution in [0.3, 0.4) is 0 Å². The first kappa shape index (κ1) is 15.8. The van der Waals surface area contributed by atoms with Crippen molar-refractivity contribution in [3.8, 4) is 0 Å². The van der Waals surface area contributed by atoms with Crippen LogP contribution in [0.25, 0.3) is 0 Å². The van der Waals surface area contributed by atoms with Crippen LogP contribution in [-0.4, -0.2) is 54.6 Å². The molecule has 2 rings (SSSR count). The van der Waals surface area contributed by atoms with E-state index < -0.39 is 11.6 Å². The van der Waals surface area contributed by atoms with Crippen LogP contribution < -0.4 is 10.6 Å². The molecule has 2 aliphatic rings. The second kappa shape index (κ2) is 6.89. The fourth-order valence-electron chi connectivity index (χ4n) is 2.88. The minimum Gasteiger partial charge on any atom is -0.382 e. The molecule has 0 bridgehead atoms. The molecule has 1 aliphatic heterocycles. The van der Waals surface area contributed by atoms with E-state index in [1.165, 1.54) is 0 Å². The molecule has 2 N–H and O–H groups in total. The number of ether oxygens (including phenoxy) is 1. The van der Waals surface area contributed by atoms with Crippen LogP contribution in [0.2, 0.25) is 0 Å². The van der Waals surface area contributed by atoms with E-state index in [4.69, 9.17) is 4.74 Å². The lowest BCUT2D eigenvalue weighted by molar-refractivity contribution is -0.134. The van der Waals surface area contributed by atoms with Crippen molar-refractivity contribution in [1.82, 2.24) is 15.5 Å². The zero-order chi connectivity index (χ0) is 15.3. The minimum atomic E-state index is -0.744. The maximum atomic E-state index is 12.3. The van der Waals surface area contributed by atoms with Crippen molar-refractivity contribution in [3.05, 3.63) is 0 Å². The van der Waals surface area contributed by atoms with Gasteiger partial charge in [-0.3, -0.25) is 14.5 Å². The molecule has 0 aromatic carbocycles. The summed E-state index contributed by atoms with van der Waals surface area (Å²) in [5, 5.41) is 5.45. The lowest BCUT2D eigenvalue weighted by Crippen LogP contribution is -2.45. The summed E-state index contributed by atoms with van der Waals surface area (Å²) < 4.78 is 5.17. The first-order chi connectivity index (χ1) is 10.1. The summed E-state index contributed by atoms with van der Waals surface area (Å²) in [6.07, 6.45) is 3.92. The van der Waals surface area contributed by atoms with Crippen LogP contribution in [-0.2, 0) is 14.3 Å². The van der Waals surface area contributed by atoms with Crippen LogP contribution in [0.1, 0.15) is 39.0 Å². The molecule has 21 heavy (non-hydrogen) atoms. The molecule has 0 atom stereocenters. The fraction of sp³-hybridized carbons (Fsp3) is 0.786. The SMILES string of the molecule is CCOCCCNC(=O)CN1C(=O)NC2(CCCC2)C1=O. The van der Waals surface area contributed by atoms with Crippen molar-refractivity contribution in [2.24, 2.45) is 0 Å². The summed E-state index contributed by atoms with van der Waals surface area (Å²) in [4.78, 5) is 37.1. The zero-order valence-corrected chi connectivity index (χ0v) is 12.4. The molecule has 2 fully saturated rings. The summed E-state index contributed by atoms with van der Waals surface area (Å²) in [5.74, 6) is -0.570. The van der Waals surface area contributed by atoms with Crippen molar-refractivity contribution in [2.75, 3.05) is 26.3 Å². The molecule has 7 heteroatoms. The average molecular weight is 297 g/mol. The van der Waals surface area contributed by atoms with Gasteiger partial charge in [-0.15, -0.1) is 0 Å². The third-order valence-corrected chi connectivity index (χ3v) is 4.00. The van der Waals surface area contributed by atoms with Gasteiger partial charge in [-0.05, 0) is 26.2 Å². The van der Waals surface area contributed by atoms with E-state index in [1.807, 2.05) is 6.92 Å². The minimum absolute atomic E-state index is 0.207. The normalized spacial score (nSPS) is 20.1. The van der Waals surface area contributed by atoms with Crippen LogP contribution >= 0.6 is 0 Å². The molecule has 1 aliphatic carbocycles. The molecular formula is C14H23N3O4. The molecule has 7 nitrogen and oxygen atoms in total. The maximum absolute atomic E-state index is 12.3. The van der Waals surface area contributed by atoms with E-state index in [-0.39, 0.29) is 18.4 Å². The van der Waals surface area contributed by atoms with Gasteiger partial charge in [0.1, 0.15) is 12.1 Å². The predicted octanol–water partition coefficient (Wildman–Crippen LogP) is 0.394. The number of nitrogens with one attached hydrogen (secondary N) is 2. The van der Waals surface area contributed by atoms with Gasteiger partial charge >= 0.3 is 6.03 Å². The van der Waals surface area contributed by atoms with Crippen molar-refractivity contribution in [1.29, 1.82) is 0 Å². The first-order valence-electron chi connectivity index (χ1n) is 7.57. The Hall–Kier alpha value is -1.63. The number of carbonyl (C=O) groups is 3. The van der Waals surface area contributed by atoms with Crippen LogP contribution in [0.4, 0.5) is 4.79 Å². The van der Waals surface area contributed by atoms with Gasteiger partial charge in [0, 0.05) is 19.8 Å². The molecule has 4 amide bonds. The molecule has 1 saturated carbocycles. The van der Waals surface area contributed by atoms with E-state index in [0.717, 1.165) is 17.7 Å². The number of carbonyl (C=O) groups excluding carboxylic acids is 3. The van der Waals surface area contributed by atoms with E-state index in [9.17, 15) is 14.4 Å². The Morgan fingerprint density at radius 1 is 1.38 bits per heavy atom. The van der Waals surface area contributed by atoms with Gasteiger partial charge < -0.3 is 15.4 Å². The molecule has 118 valence electrons. The lowest BCUT2D eigenvalue weighted by Gasteiger charge is -2.19. The predicted molar refractivity (Wildman–Crippen MR) is 75.6 cm³/mol. The largest absolute Gasteiger partial charge is 0.382 e. The third kappa shape index (κ3) is 3.53. The highest BCUT2D eigenvalue weighted by Gasteiger charge is 2.52. The Kier molecular flexibility index (Phi) is 5.17. The van der Waals surface area contributed by atoms with Gasteiger partial charge in [-0.25, -0.2) is 4.79 Å². The smallest absolute Gasteiger partial charge is 0.325 e. The van der Waals surface area contributed by atoms with Gasteiger partial charge in [0.25, 0.3) is 5.91 Å². The number of imide groups is 1. The number of hydrogen-bond acceptors (Lipinski definition) is 4. The Morgan fingerprint density at radius 3 is 2.76 bits per heavy atom. The highest BCUT2D eigenvalue weighted by atomic mass is 16.5. The van der Waals surface area contributed by atoms with Gasteiger partial charge in [-0.1, -0.05) is 12.8 Å². The van der Waals surface area contributed by atoms with Gasteiger partial charge in [0.05, 0.1) is 0 Å². The van der Waals surface area contributed by atoms with Crippen molar-refractivity contribution in [3.63, 3.8) is 0 Å². The highest BCUT2D eigenvalue weighted by Crippen LogP contribution is 2.34. The maximum Gasteiger partial charge on any atom is 0.325 e. The fourth-order valence-corrected chi connectivity index (χ4v) is 2.88. The highest BCUT2D eigenvalue weighted by molar-refractivity contribution is 6.09. The number of nitrogens with zero attached hydrogens (tertiary/aromatic N) is 1. The molecule has 1 heterocycles. The third-order valence-electron chi connectivity index (χ3n) is 4.00. The van der Waals surface area contributed by atoms with Crippen molar-refractivity contribution >= 4 is 17.8 Å². The Morgan fingerprint density at radius 2 is 2.10 bits per heavy atom. The molecule has 0 aromatic heterocycles. The number of rotatable bonds is 7. The average Bonchev–Trinajstić information content (AvgIpc) is 3.00. The first-order valence-corrected chi connectivity index (χ1v) is 7.57. The summed E-state index contributed by atoms with van der Waals surface area (Å²) in [5.41, 5.74) is -0.744. The summed E-state index contributed by atoms with van der Waals surface area (Å²) in [6.45, 7) is 3.42. The summed E-state index contributed by atoms with van der Waals surface area (Å²) in [6, 6.07) is -0.452. The van der Waals surface area contributed by atoms with Crippen LogP contribution in [0.15, 0.2) is 0 Å². The van der Waals surface area contributed by atoms with Crippen molar-refractivity contribution in [2.45, 2.75) is 44.6 Å². The van der Waals surface area contributed by atoms with Crippen molar-refractivity contribution < 1.29 is 19.1 Å². The number of amides is 4. The van der Waals surface area contributed by atoms with Gasteiger partial charge in [0.15, 0.2) is 0 Å². The number of hydrogen-bond donors (Lipinski definition) is 2. The van der Waals surface area contributed by atoms with E-state index in [0.29, 0.717) is 39.0 Å². The Labute approximate surface area is 124 Å². The number of urea groups is 1. The second-order valence-corrected chi connectivity index (χ2v) is 5.51. The van der Waals surface area contributed by atoms with E-state index in [2.05, 4.69) is 10.6 Å². The molecule has 1 spiro atoms. The molecule has 0 aromatic rings. The Balaban J connectivity index is 1.78. The standard InChI is InChI=1S/C14H23N3O4/c1-2-21-9-5-8-15-11(18)10-17-12(19)14(16-13(17)20)6-3-4-7-14/h2-10H2,1H3,(H,15,18)(H,16,20). The van der Waals surface area contributed by atoms with Crippen LogP contribution in [0, 0.1) is 0 Å². The van der Waals surface area contributed by atoms with E-state index >= 15 is 0 Å². The summed E-state index contributed by atoms with van der Waals surface area (Å²) in [7, 11) is 0. The molecule has 1 saturated heterocycles. The van der Waals surface area contributed by atoms with E-state index in [1.54, 1.807) is 0 Å². The lowest BCUT2D eigenvalue weighted by atomic mass is 9.98. The Bertz CT molecular complexity index is 418. The zero-order valence-electron chi connectivity index (χ0n) is 12.4.